The second kappa shape index (κ2) is 8.25. The van der Waals surface area contributed by atoms with Gasteiger partial charge in [0.1, 0.15) is 5.75 Å². The Morgan fingerprint density at radius 2 is 2.14 bits per heavy atom. The van der Waals surface area contributed by atoms with E-state index >= 15 is 0 Å². The minimum atomic E-state index is 0. The molecule has 21 heavy (non-hydrogen) atoms. The summed E-state index contributed by atoms with van der Waals surface area (Å²) in [6, 6.07) is 8.11. The number of benzene rings is 1. The number of likely N-dealkylation sites (N-methyl/N-ethyl adjacent to an activating group) is 1. The third-order valence-electron chi connectivity index (χ3n) is 3.65. The average molecular weight is 313 g/mol. The lowest BCUT2D eigenvalue weighted by molar-refractivity contribution is -0.130. The molecule has 1 atom stereocenters. The first-order valence-electron chi connectivity index (χ1n) is 7.29. The van der Waals surface area contributed by atoms with E-state index in [4.69, 9.17) is 4.74 Å². The van der Waals surface area contributed by atoms with E-state index in [1.54, 1.807) is 0 Å². The summed E-state index contributed by atoms with van der Waals surface area (Å²) in [6.07, 6.45) is 1.55. The van der Waals surface area contributed by atoms with Crippen LogP contribution in [0.15, 0.2) is 24.3 Å². The van der Waals surface area contributed by atoms with E-state index in [1.165, 1.54) is 0 Å². The molecule has 1 N–H and O–H groups in total. The summed E-state index contributed by atoms with van der Waals surface area (Å²) >= 11 is 0. The van der Waals surface area contributed by atoms with Gasteiger partial charge in [-0.1, -0.05) is 18.2 Å². The Balaban J connectivity index is 0.00000220. The number of para-hydroxylation sites is 1. The van der Waals surface area contributed by atoms with Crippen LogP contribution in [0.5, 0.6) is 5.75 Å². The van der Waals surface area contributed by atoms with Gasteiger partial charge < -0.3 is 15.0 Å². The molecular formula is C16H25ClN2O2. The van der Waals surface area contributed by atoms with Gasteiger partial charge in [0.2, 0.25) is 5.91 Å². The Bertz CT molecular complexity index is 459. The number of amides is 1. The molecule has 1 aromatic carbocycles. The van der Waals surface area contributed by atoms with Crippen LogP contribution in [0.4, 0.5) is 0 Å². The molecule has 1 amide bonds. The normalized spacial score (nSPS) is 17.4. The summed E-state index contributed by atoms with van der Waals surface area (Å²) in [5, 5.41) is 3.29. The van der Waals surface area contributed by atoms with Gasteiger partial charge in [-0.15, -0.1) is 12.4 Å². The van der Waals surface area contributed by atoms with Crippen LogP contribution in [-0.4, -0.2) is 43.1 Å². The van der Waals surface area contributed by atoms with Crippen LogP contribution in [0.2, 0.25) is 0 Å². The maximum Gasteiger partial charge on any atom is 0.227 e. The second-order valence-electron chi connectivity index (χ2n) is 5.60. The number of rotatable bonds is 5. The Labute approximate surface area is 133 Å². The molecule has 118 valence electrons. The number of halogens is 1. The topological polar surface area (TPSA) is 41.6 Å². The van der Waals surface area contributed by atoms with E-state index in [1.807, 2.05) is 50.1 Å². The van der Waals surface area contributed by atoms with Gasteiger partial charge in [0.05, 0.1) is 12.5 Å². The van der Waals surface area contributed by atoms with Crippen LogP contribution in [0.25, 0.3) is 0 Å². The molecule has 2 rings (SSSR count). The van der Waals surface area contributed by atoms with Crippen molar-refractivity contribution in [2.75, 3.05) is 20.1 Å². The van der Waals surface area contributed by atoms with Crippen molar-refractivity contribution in [1.82, 2.24) is 10.2 Å². The number of hydrogen-bond acceptors (Lipinski definition) is 3. The quantitative estimate of drug-likeness (QED) is 0.907. The van der Waals surface area contributed by atoms with Crippen molar-refractivity contribution in [3.63, 3.8) is 0 Å². The molecule has 0 radical (unpaired) electrons. The molecule has 1 saturated heterocycles. The number of carbonyl (C=O) groups excluding carboxylic acids is 1. The first-order chi connectivity index (χ1) is 9.58. The summed E-state index contributed by atoms with van der Waals surface area (Å²) in [5.41, 5.74) is 0.962. The molecule has 0 saturated carbocycles. The fourth-order valence-electron chi connectivity index (χ4n) is 2.48. The van der Waals surface area contributed by atoms with E-state index in [9.17, 15) is 4.79 Å². The van der Waals surface area contributed by atoms with Crippen molar-refractivity contribution < 1.29 is 9.53 Å². The summed E-state index contributed by atoms with van der Waals surface area (Å²) in [5.74, 6) is 0.965. The Kier molecular flexibility index (Phi) is 6.99. The van der Waals surface area contributed by atoms with Gasteiger partial charge in [0.15, 0.2) is 0 Å². The predicted molar refractivity (Wildman–Crippen MR) is 87.2 cm³/mol. The fourth-order valence-corrected chi connectivity index (χ4v) is 2.48. The molecule has 5 heteroatoms. The second-order valence-corrected chi connectivity index (χ2v) is 5.60. The van der Waals surface area contributed by atoms with Crippen LogP contribution in [0.1, 0.15) is 25.8 Å². The summed E-state index contributed by atoms with van der Waals surface area (Å²) in [7, 11) is 1.89. The SMILES string of the molecule is CC(C)Oc1ccccc1CC(=O)N(C)C1CCNC1.Cl. The molecule has 1 fully saturated rings. The summed E-state index contributed by atoms with van der Waals surface area (Å²) in [6.45, 7) is 5.88. The molecule has 1 heterocycles. The molecular weight excluding hydrogens is 288 g/mol. The number of ether oxygens (including phenoxy) is 1. The van der Waals surface area contributed by atoms with Crippen LogP contribution >= 0.6 is 12.4 Å². The predicted octanol–water partition coefficient (Wildman–Crippen LogP) is 2.26. The summed E-state index contributed by atoms with van der Waals surface area (Å²) < 4.78 is 5.77. The number of nitrogens with one attached hydrogen (secondary N) is 1. The molecule has 1 aromatic rings. The maximum absolute atomic E-state index is 12.4. The highest BCUT2D eigenvalue weighted by atomic mass is 35.5. The van der Waals surface area contributed by atoms with Crippen molar-refractivity contribution in [1.29, 1.82) is 0 Å². The van der Waals surface area contributed by atoms with Crippen molar-refractivity contribution in [3.05, 3.63) is 29.8 Å². The van der Waals surface area contributed by atoms with Gasteiger partial charge in [-0.05, 0) is 32.9 Å². The zero-order valence-corrected chi connectivity index (χ0v) is 13.8. The Morgan fingerprint density at radius 3 is 2.76 bits per heavy atom. The van der Waals surface area contributed by atoms with Gasteiger partial charge >= 0.3 is 0 Å². The van der Waals surface area contributed by atoms with Crippen molar-refractivity contribution in [3.8, 4) is 5.75 Å². The van der Waals surface area contributed by atoms with Crippen molar-refractivity contribution >= 4 is 18.3 Å². The monoisotopic (exact) mass is 312 g/mol. The number of nitrogens with zero attached hydrogens (tertiary/aromatic N) is 1. The zero-order valence-electron chi connectivity index (χ0n) is 13.0. The molecule has 0 aromatic heterocycles. The third kappa shape index (κ3) is 4.90. The Hall–Kier alpha value is -1.26. The average Bonchev–Trinajstić information content (AvgIpc) is 2.93. The minimum Gasteiger partial charge on any atom is -0.491 e. The van der Waals surface area contributed by atoms with Crippen LogP contribution < -0.4 is 10.1 Å². The van der Waals surface area contributed by atoms with Crippen molar-refractivity contribution in [2.24, 2.45) is 0 Å². The summed E-state index contributed by atoms with van der Waals surface area (Å²) in [4.78, 5) is 14.2. The lowest BCUT2D eigenvalue weighted by Gasteiger charge is -2.24. The van der Waals surface area contributed by atoms with E-state index in [0.29, 0.717) is 12.5 Å². The molecule has 0 bridgehead atoms. The highest BCUT2D eigenvalue weighted by molar-refractivity contribution is 5.85. The highest BCUT2D eigenvalue weighted by Gasteiger charge is 2.23. The fraction of sp³-hybridized carbons (Fsp3) is 0.562. The first-order valence-corrected chi connectivity index (χ1v) is 7.29. The van der Waals surface area contributed by atoms with Gasteiger partial charge in [0, 0.05) is 25.2 Å². The van der Waals surface area contributed by atoms with E-state index in [2.05, 4.69) is 5.32 Å². The smallest absolute Gasteiger partial charge is 0.227 e. The van der Waals surface area contributed by atoms with Gasteiger partial charge in [-0.25, -0.2) is 0 Å². The van der Waals surface area contributed by atoms with Crippen LogP contribution in [-0.2, 0) is 11.2 Å². The molecule has 1 aliphatic heterocycles. The van der Waals surface area contributed by atoms with Crippen LogP contribution in [0.3, 0.4) is 0 Å². The molecule has 0 aliphatic carbocycles. The number of carbonyl (C=O) groups is 1. The largest absolute Gasteiger partial charge is 0.491 e. The standard InChI is InChI=1S/C16H24N2O2.ClH/c1-12(2)20-15-7-5-4-6-13(15)10-16(19)18(3)14-8-9-17-11-14;/h4-7,12,14,17H,8-11H2,1-3H3;1H. The first kappa shape index (κ1) is 17.8. The zero-order chi connectivity index (χ0) is 14.5. The van der Waals surface area contributed by atoms with E-state index in [0.717, 1.165) is 30.8 Å². The van der Waals surface area contributed by atoms with E-state index < -0.39 is 0 Å². The van der Waals surface area contributed by atoms with Gasteiger partial charge in [0.25, 0.3) is 0 Å². The maximum atomic E-state index is 12.4. The van der Waals surface area contributed by atoms with Crippen LogP contribution in [0, 0.1) is 0 Å². The van der Waals surface area contributed by atoms with Crippen molar-refractivity contribution in [2.45, 2.75) is 38.8 Å². The molecule has 1 aliphatic rings. The number of hydrogen-bond donors (Lipinski definition) is 1. The molecule has 4 nitrogen and oxygen atoms in total. The lowest BCUT2D eigenvalue weighted by Crippen LogP contribution is -2.39. The van der Waals surface area contributed by atoms with Gasteiger partial charge in [-0.3, -0.25) is 4.79 Å². The lowest BCUT2D eigenvalue weighted by atomic mass is 10.1. The highest BCUT2D eigenvalue weighted by Crippen LogP contribution is 2.21. The Morgan fingerprint density at radius 1 is 1.43 bits per heavy atom. The minimum absolute atomic E-state index is 0. The van der Waals surface area contributed by atoms with Gasteiger partial charge in [-0.2, -0.15) is 0 Å². The third-order valence-corrected chi connectivity index (χ3v) is 3.65. The molecule has 0 spiro atoms. The molecule has 1 unspecified atom stereocenters. The van der Waals surface area contributed by atoms with E-state index in [-0.39, 0.29) is 24.4 Å².